The van der Waals surface area contributed by atoms with Gasteiger partial charge in [0.05, 0.1) is 10.9 Å². The molecule has 4 heterocycles. The second kappa shape index (κ2) is 12.7. The zero-order chi connectivity index (χ0) is 32.6. The molecular formula is C32H32F6N4O4. The fraction of sp³-hybridized carbons (Fsp3) is 0.469. The van der Waals surface area contributed by atoms with Gasteiger partial charge in [-0.15, -0.1) is 0 Å². The van der Waals surface area contributed by atoms with Gasteiger partial charge >= 0.3 is 12.2 Å². The number of aryl methyl sites for hydroxylation is 1. The smallest absolute Gasteiger partial charge is 0.422 e. The Hall–Kier alpha value is -3.91. The number of fused-ring (bicyclic) bond motifs is 3. The lowest BCUT2D eigenvalue weighted by Gasteiger charge is -2.30. The third-order valence-electron chi connectivity index (χ3n) is 8.50. The Kier molecular flexibility index (Phi) is 8.85. The summed E-state index contributed by atoms with van der Waals surface area (Å²) in [5.74, 6) is -1.79. The van der Waals surface area contributed by atoms with Crippen molar-refractivity contribution in [2.24, 2.45) is 0 Å². The molecule has 0 aliphatic carbocycles. The Morgan fingerprint density at radius 3 is 2.65 bits per heavy atom. The topological polar surface area (TPSA) is 78.8 Å². The van der Waals surface area contributed by atoms with E-state index in [1.54, 1.807) is 19.9 Å². The zero-order valence-corrected chi connectivity index (χ0v) is 25.2. The number of pyridine rings is 1. The summed E-state index contributed by atoms with van der Waals surface area (Å²) < 4.78 is 107. The van der Waals surface area contributed by atoms with Crippen LogP contribution in [0.5, 0.6) is 17.6 Å². The van der Waals surface area contributed by atoms with Crippen LogP contribution in [0.1, 0.15) is 38.7 Å². The third-order valence-corrected chi connectivity index (χ3v) is 8.50. The summed E-state index contributed by atoms with van der Waals surface area (Å²) in [5.41, 5.74) is -0.782. The van der Waals surface area contributed by atoms with Crippen molar-refractivity contribution >= 4 is 21.7 Å². The quantitative estimate of drug-likeness (QED) is 0.0981. The largest absolute Gasteiger partial charge is 0.468 e. The molecule has 246 valence electrons. The minimum Gasteiger partial charge on any atom is -0.468 e. The van der Waals surface area contributed by atoms with E-state index >= 15 is 4.39 Å². The van der Waals surface area contributed by atoms with Gasteiger partial charge < -0.3 is 18.9 Å². The van der Waals surface area contributed by atoms with E-state index in [2.05, 4.69) is 15.0 Å². The SMILES string of the molecule is CCOCOc1cc(-c2ncc3c(OCC(F)(F)F)nc(OC[C@@]45CCCN4C[C@H](F)C5)nc3c2F)c2c(CC)c(F)ccc2c1. The van der Waals surface area contributed by atoms with Gasteiger partial charge in [-0.25, -0.2) is 13.2 Å². The van der Waals surface area contributed by atoms with Gasteiger partial charge in [-0.3, -0.25) is 9.88 Å². The van der Waals surface area contributed by atoms with E-state index in [9.17, 15) is 22.0 Å². The van der Waals surface area contributed by atoms with Crippen LogP contribution in [0.4, 0.5) is 26.3 Å². The van der Waals surface area contributed by atoms with Crippen molar-refractivity contribution in [1.82, 2.24) is 19.9 Å². The fourth-order valence-electron chi connectivity index (χ4n) is 6.47. The molecule has 2 aliphatic rings. The van der Waals surface area contributed by atoms with Crippen LogP contribution >= 0.6 is 0 Å². The summed E-state index contributed by atoms with van der Waals surface area (Å²) in [6.07, 6.45) is -2.65. The van der Waals surface area contributed by atoms with E-state index < -0.39 is 53.5 Å². The summed E-state index contributed by atoms with van der Waals surface area (Å²) in [4.78, 5) is 14.5. The fourth-order valence-corrected chi connectivity index (χ4v) is 6.47. The Bertz CT molecular complexity index is 1760. The van der Waals surface area contributed by atoms with Crippen LogP contribution in [0, 0.1) is 11.6 Å². The van der Waals surface area contributed by atoms with Crippen molar-refractivity contribution in [2.75, 3.05) is 39.7 Å². The van der Waals surface area contributed by atoms with Crippen molar-refractivity contribution in [1.29, 1.82) is 0 Å². The lowest BCUT2D eigenvalue weighted by Crippen LogP contribution is -2.43. The van der Waals surface area contributed by atoms with Crippen LogP contribution in [0.15, 0.2) is 30.5 Å². The van der Waals surface area contributed by atoms with Gasteiger partial charge in [-0.05, 0) is 67.3 Å². The van der Waals surface area contributed by atoms with Gasteiger partial charge in [0.25, 0.3) is 0 Å². The minimum absolute atomic E-state index is 0.0415. The average molecular weight is 651 g/mol. The monoisotopic (exact) mass is 650 g/mol. The Balaban J connectivity index is 1.48. The van der Waals surface area contributed by atoms with E-state index in [1.807, 2.05) is 4.90 Å². The van der Waals surface area contributed by atoms with E-state index in [0.29, 0.717) is 41.7 Å². The molecule has 4 aromatic rings. The normalized spacial score (nSPS) is 20.0. The van der Waals surface area contributed by atoms with Crippen LogP contribution < -0.4 is 14.2 Å². The van der Waals surface area contributed by atoms with Crippen LogP contribution in [0.3, 0.4) is 0 Å². The van der Waals surface area contributed by atoms with Crippen molar-refractivity contribution in [3.63, 3.8) is 0 Å². The predicted octanol–water partition coefficient (Wildman–Crippen LogP) is 6.95. The summed E-state index contributed by atoms with van der Waals surface area (Å²) >= 11 is 0. The molecule has 2 aromatic carbocycles. The van der Waals surface area contributed by atoms with Crippen molar-refractivity contribution in [3.05, 3.63) is 47.7 Å². The standard InChI is InChI=1S/C32H32F6N4O4/c1-3-21-24(34)7-6-18-10-20(46-17-43-4-2)11-22(25(18)21)27-26(35)28-23(13-39-27)29(44-16-32(36,37)38)41-30(40-28)45-15-31-8-5-9-42(31)14-19(33)12-31/h6-7,10-11,13,19H,3-5,8-9,12,14-17H2,1-2H3/t19-,31+/m1/s1. The lowest BCUT2D eigenvalue weighted by atomic mass is 9.94. The first-order valence-electron chi connectivity index (χ1n) is 15.1. The molecule has 8 nitrogen and oxygen atoms in total. The molecule has 2 aliphatic heterocycles. The van der Waals surface area contributed by atoms with Crippen LogP contribution in [0.2, 0.25) is 0 Å². The summed E-state index contributed by atoms with van der Waals surface area (Å²) in [6, 6.07) is 5.58. The van der Waals surface area contributed by atoms with Crippen LogP contribution in [-0.4, -0.2) is 77.4 Å². The molecule has 0 N–H and O–H groups in total. The lowest BCUT2D eigenvalue weighted by molar-refractivity contribution is -0.153. The van der Waals surface area contributed by atoms with Gasteiger partial charge in [-0.2, -0.15) is 23.1 Å². The summed E-state index contributed by atoms with van der Waals surface area (Å²) in [5, 5.41) is 0.712. The molecule has 2 fully saturated rings. The molecule has 2 saturated heterocycles. The maximum Gasteiger partial charge on any atom is 0.422 e. The number of alkyl halides is 4. The van der Waals surface area contributed by atoms with E-state index in [-0.39, 0.29) is 49.4 Å². The number of benzene rings is 2. The molecule has 2 aromatic heterocycles. The molecule has 0 bridgehead atoms. The van der Waals surface area contributed by atoms with E-state index in [1.165, 1.54) is 18.2 Å². The molecule has 2 atom stereocenters. The van der Waals surface area contributed by atoms with Crippen molar-refractivity contribution in [3.8, 4) is 28.9 Å². The number of hydrogen-bond acceptors (Lipinski definition) is 8. The Labute approximate surface area is 260 Å². The van der Waals surface area contributed by atoms with Crippen molar-refractivity contribution < 1.29 is 45.3 Å². The number of ether oxygens (including phenoxy) is 4. The first-order chi connectivity index (χ1) is 22.0. The third kappa shape index (κ3) is 6.24. The first-order valence-corrected chi connectivity index (χ1v) is 15.1. The van der Waals surface area contributed by atoms with Gasteiger partial charge in [0.1, 0.15) is 35.6 Å². The number of halogens is 6. The zero-order valence-electron chi connectivity index (χ0n) is 25.2. The maximum atomic E-state index is 16.6. The van der Waals surface area contributed by atoms with E-state index in [4.69, 9.17) is 18.9 Å². The molecule has 0 saturated carbocycles. The minimum atomic E-state index is -4.71. The molecule has 14 heteroatoms. The van der Waals surface area contributed by atoms with Gasteiger partial charge in [0.15, 0.2) is 19.2 Å². The Morgan fingerprint density at radius 2 is 1.89 bits per heavy atom. The van der Waals surface area contributed by atoms with Gasteiger partial charge in [0.2, 0.25) is 5.88 Å². The van der Waals surface area contributed by atoms with Crippen LogP contribution in [-0.2, 0) is 11.2 Å². The molecule has 46 heavy (non-hydrogen) atoms. The van der Waals surface area contributed by atoms with Crippen LogP contribution in [0.25, 0.3) is 32.9 Å². The maximum absolute atomic E-state index is 16.6. The van der Waals surface area contributed by atoms with Gasteiger partial charge in [-0.1, -0.05) is 13.0 Å². The molecule has 6 rings (SSSR count). The molecule has 0 radical (unpaired) electrons. The second-order valence-electron chi connectivity index (χ2n) is 11.5. The first kappa shape index (κ1) is 32.0. The average Bonchev–Trinajstić information content (AvgIpc) is 3.54. The highest BCUT2D eigenvalue weighted by Crippen LogP contribution is 2.42. The highest BCUT2D eigenvalue weighted by atomic mass is 19.4. The molecule has 0 amide bonds. The van der Waals surface area contributed by atoms with E-state index in [0.717, 1.165) is 12.6 Å². The number of aromatic nitrogens is 3. The number of hydrogen-bond donors (Lipinski definition) is 0. The highest BCUT2D eigenvalue weighted by molar-refractivity contribution is 6.01. The molecule has 0 unspecified atom stereocenters. The summed E-state index contributed by atoms with van der Waals surface area (Å²) in [7, 11) is 0. The second-order valence-corrected chi connectivity index (χ2v) is 11.5. The predicted molar refractivity (Wildman–Crippen MR) is 157 cm³/mol. The van der Waals surface area contributed by atoms with Crippen molar-refractivity contribution in [2.45, 2.75) is 57.4 Å². The molecular weight excluding hydrogens is 618 g/mol. The number of rotatable bonds is 11. The highest BCUT2D eigenvalue weighted by Gasteiger charge is 2.49. The number of nitrogens with zero attached hydrogens (tertiary/aromatic N) is 4. The molecule has 0 spiro atoms. The van der Waals surface area contributed by atoms with Gasteiger partial charge in [0, 0.05) is 31.3 Å². The Morgan fingerprint density at radius 1 is 1.07 bits per heavy atom. The summed E-state index contributed by atoms with van der Waals surface area (Å²) in [6.45, 7) is 3.05.